The fraction of sp³-hybridized carbons (Fsp3) is 0.381. The first-order chi connectivity index (χ1) is 15.9. The molecule has 8 nitrogen and oxygen atoms in total. The average Bonchev–Trinajstić information content (AvgIpc) is 2.79. The summed E-state index contributed by atoms with van der Waals surface area (Å²) in [6, 6.07) is 8.04. The molecular formula is C21H25ClF3N3O5S2. The number of sulfonamides is 1. The van der Waals surface area contributed by atoms with Crippen LogP contribution in [-0.2, 0) is 30.8 Å². The third kappa shape index (κ3) is 6.73. The number of benzene rings is 2. The largest absolute Gasteiger partial charge is 0.417 e. The second kappa shape index (κ2) is 11.2. The molecule has 0 saturated carbocycles. The van der Waals surface area contributed by atoms with Gasteiger partial charge in [-0.25, -0.2) is 21.6 Å². The van der Waals surface area contributed by atoms with Gasteiger partial charge in [-0.05, 0) is 50.2 Å². The summed E-state index contributed by atoms with van der Waals surface area (Å²) < 4.78 is 94.9. The number of sulfone groups is 1. The van der Waals surface area contributed by atoms with Crippen molar-refractivity contribution < 1.29 is 34.8 Å². The molecule has 2 N–H and O–H groups in total. The van der Waals surface area contributed by atoms with Crippen molar-refractivity contribution in [2.75, 3.05) is 26.7 Å². The van der Waals surface area contributed by atoms with Crippen LogP contribution in [0.1, 0.15) is 18.4 Å². The molecule has 0 aromatic heterocycles. The van der Waals surface area contributed by atoms with Gasteiger partial charge in [0.2, 0.25) is 25.8 Å². The van der Waals surface area contributed by atoms with Crippen molar-refractivity contribution in [1.82, 2.24) is 14.9 Å². The first-order valence-electron chi connectivity index (χ1n) is 10.3. The van der Waals surface area contributed by atoms with Crippen molar-refractivity contribution in [2.45, 2.75) is 39.7 Å². The normalized spacial score (nSPS) is 15.5. The van der Waals surface area contributed by atoms with Gasteiger partial charge in [-0.3, -0.25) is 4.79 Å². The molecule has 1 fully saturated rings. The second-order valence-corrected chi connectivity index (χ2v) is 11.4. The van der Waals surface area contributed by atoms with E-state index >= 15 is 0 Å². The summed E-state index contributed by atoms with van der Waals surface area (Å²) in [4.78, 5) is 11.6. The van der Waals surface area contributed by atoms with Crippen molar-refractivity contribution in [3.05, 3.63) is 54.1 Å². The number of carbonyl (C=O) groups is 1. The highest BCUT2D eigenvalue weighted by atomic mass is 35.5. The molecule has 194 valence electrons. The Morgan fingerprint density at radius 3 is 2.14 bits per heavy atom. The Morgan fingerprint density at radius 2 is 1.60 bits per heavy atom. The number of nitrogens with zero attached hydrogens (tertiary/aromatic N) is 1. The minimum atomic E-state index is -5.03. The van der Waals surface area contributed by atoms with Crippen molar-refractivity contribution >= 4 is 38.2 Å². The van der Waals surface area contributed by atoms with E-state index < -0.39 is 47.4 Å². The lowest BCUT2D eigenvalue weighted by Gasteiger charge is -2.32. The zero-order chi connectivity index (χ0) is 25.1. The summed E-state index contributed by atoms with van der Waals surface area (Å²) >= 11 is 0. The summed E-state index contributed by atoms with van der Waals surface area (Å²) in [5.41, 5.74) is -1.46. The quantitative estimate of drug-likeness (QED) is 0.543. The lowest BCUT2D eigenvalue weighted by Crippen LogP contribution is -2.48. The molecule has 2 aromatic carbocycles. The first kappa shape index (κ1) is 29.0. The molecule has 1 aliphatic rings. The average molecular weight is 556 g/mol. The fourth-order valence-electron chi connectivity index (χ4n) is 3.65. The molecule has 1 amide bonds. The Morgan fingerprint density at radius 1 is 1.00 bits per heavy atom. The minimum Gasteiger partial charge on any atom is -0.341 e. The molecule has 0 aliphatic carbocycles. The van der Waals surface area contributed by atoms with Crippen LogP contribution in [0.15, 0.2) is 63.2 Å². The molecule has 1 heterocycles. The van der Waals surface area contributed by atoms with Gasteiger partial charge in [0, 0.05) is 19.1 Å². The number of likely N-dealkylation sites (N-methyl/N-ethyl adjacent to an activating group) is 1. The highest BCUT2D eigenvalue weighted by Crippen LogP contribution is 2.36. The number of amides is 1. The van der Waals surface area contributed by atoms with E-state index in [0.717, 1.165) is 6.07 Å². The van der Waals surface area contributed by atoms with Crippen LogP contribution in [0.4, 0.5) is 13.2 Å². The molecule has 35 heavy (non-hydrogen) atoms. The van der Waals surface area contributed by atoms with Crippen LogP contribution >= 0.6 is 12.4 Å². The van der Waals surface area contributed by atoms with Gasteiger partial charge in [0.05, 0.1) is 26.8 Å². The molecule has 1 aliphatic heterocycles. The monoisotopic (exact) mass is 555 g/mol. The Hall–Kier alpha value is -2.19. The molecule has 0 unspecified atom stereocenters. The SMILES string of the molecule is CNCC(=O)N1CCC(NS(=O)(=O)c2cc(S(=O)(=O)c3ccccc3)ccc2C(F)(F)F)CC1.Cl. The van der Waals surface area contributed by atoms with Crippen molar-refractivity contribution in [3.8, 4) is 0 Å². The summed E-state index contributed by atoms with van der Waals surface area (Å²) in [5, 5.41) is 2.73. The number of rotatable bonds is 7. The lowest BCUT2D eigenvalue weighted by molar-refractivity contribution is -0.140. The van der Waals surface area contributed by atoms with Crippen LogP contribution in [-0.4, -0.2) is 60.4 Å². The molecule has 3 rings (SSSR count). The van der Waals surface area contributed by atoms with Gasteiger partial charge in [-0.15, -0.1) is 12.4 Å². The van der Waals surface area contributed by atoms with Gasteiger partial charge in [0.1, 0.15) is 0 Å². The van der Waals surface area contributed by atoms with Gasteiger partial charge in [-0.2, -0.15) is 13.2 Å². The number of hydrogen-bond donors (Lipinski definition) is 2. The highest BCUT2D eigenvalue weighted by molar-refractivity contribution is 7.91. The van der Waals surface area contributed by atoms with E-state index in [4.69, 9.17) is 0 Å². The van der Waals surface area contributed by atoms with E-state index in [9.17, 15) is 34.8 Å². The summed E-state index contributed by atoms with van der Waals surface area (Å²) in [6.07, 6.45) is -4.61. The number of hydrogen-bond acceptors (Lipinski definition) is 6. The van der Waals surface area contributed by atoms with Crippen LogP contribution in [0.5, 0.6) is 0 Å². The van der Waals surface area contributed by atoms with Gasteiger partial charge >= 0.3 is 6.18 Å². The van der Waals surface area contributed by atoms with Gasteiger partial charge in [0.25, 0.3) is 0 Å². The number of carbonyl (C=O) groups excluding carboxylic acids is 1. The van der Waals surface area contributed by atoms with E-state index in [1.165, 1.54) is 29.2 Å². The Bertz CT molecular complexity index is 1250. The lowest BCUT2D eigenvalue weighted by atomic mass is 10.1. The van der Waals surface area contributed by atoms with Gasteiger partial charge < -0.3 is 10.2 Å². The van der Waals surface area contributed by atoms with E-state index in [-0.39, 0.29) is 55.7 Å². The Kier molecular flexibility index (Phi) is 9.33. The molecule has 0 bridgehead atoms. The van der Waals surface area contributed by atoms with Crippen LogP contribution in [0.25, 0.3) is 0 Å². The van der Waals surface area contributed by atoms with E-state index in [0.29, 0.717) is 12.1 Å². The third-order valence-corrected chi connectivity index (χ3v) is 8.74. The van der Waals surface area contributed by atoms with E-state index in [1.807, 2.05) is 0 Å². The van der Waals surface area contributed by atoms with Crippen LogP contribution in [0.3, 0.4) is 0 Å². The summed E-state index contributed by atoms with van der Waals surface area (Å²) in [7, 11) is -7.37. The van der Waals surface area contributed by atoms with Gasteiger partial charge in [-0.1, -0.05) is 18.2 Å². The predicted octanol–water partition coefficient (Wildman–Crippen LogP) is 2.45. The molecule has 0 spiro atoms. The summed E-state index contributed by atoms with van der Waals surface area (Å²) in [6.45, 7) is 0.596. The molecule has 0 radical (unpaired) electrons. The number of nitrogens with one attached hydrogen (secondary N) is 2. The predicted molar refractivity (Wildman–Crippen MR) is 124 cm³/mol. The first-order valence-corrected chi connectivity index (χ1v) is 13.3. The topological polar surface area (TPSA) is 113 Å². The standard InChI is InChI=1S/C21H24F3N3O5S2.ClH/c1-25-14-20(28)27-11-9-15(10-12-27)26-34(31,32)19-13-17(7-8-18(19)21(22,23)24)33(29,30)16-5-3-2-4-6-16;/h2-8,13,15,25-26H,9-12,14H2,1H3;1H. The van der Waals surface area contributed by atoms with Crippen molar-refractivity contribution in [1.29, 1.82) is 0 Å². The Balaban J connectivity index is 0.00000432. The van der Waals surface area contributed by atoms with Crippen LogP contribution in [0, 0.1) is 0 Å². The molecular weight excluding hydrogens is 531 g/mol. The third-order valence-electron chi connectivity index (χ3n) is 5.41. The fourth-order valence-corrected chi connectivity index (χ4v) is 6.59. The Labute approximate surface area is 208 Å². The number of alkyl halides is 3. The molecule has 14 heteroatoms. The molecule has 0 atom stereocenters. The zero-order valence-electron chi connectivity index (χ0n) is 18.6. The van der Waals surface area contributed by atoms with Crippen molar-refractivity contribution in [2.24, 2.45) is 0 Å². The van der Waals surface area contributed by atoms with Crippen LogP contribution in [0.2, 0.25) is 0 Å². The van der Waals surface area contributed by atoms with Crippen LogP contribution < -0.4 is 10.0 Å². The smallest absolute Gasteiger partial charge is 0.341 e. The summed E-state index contributed by atoms with van der Waals surface area (Å²) in [5.74, 6) is -0.165. The number of likely N-dealkylation sites (tertiary alicyclic amines) is 1. The van der Waals surface area contributed by atoms with Crippen molar-refractivity contribution in [3.63, 3.8) is 0 Å². The number of piperidine rings is 1. The molecule has 1 saturated heterocycles. The number of halogens is 4. The maximum atomic E-state index is 13.6. The van der Waals surface area contributed by atoms with Gasteiger partial charge in [0.15, 0.2) is 0 Å². The van der Waals surface area contributed by atoms with E-state index in [1.54, 1.807) is 13.1 Å². The zero-order valence-corrected chi connectivity index (χ0v) is 21.0. The second-order valence-electron chi connectivity index (χ2n) is 7.78. The minimum absolute atomic E-state index is 0. The van der Waals surface area contributed by atoms with E-state index in [2.05, 4.69) is 10.0 Å². The highest BCUT2D eigenvalue weighted by Gasteiger charge is 2.39. The molecule has 2 aromatic rings. The maximum absolute atomic E-state index is 13.6. The maximum Gasteiger partial charge on any atom is 0.417 e.